The van der Waals surface area contributed by atoms with Crippen molar-refractivity contribution in [3.8, 4) is 28.6 Å². The van der Waals surface area contributed by atoms with Crippen LogP contribution in [0.25, 0.3) is 39.1 Å². The summed E-state index contributed by atoms with van der Waals surface area (Å²) in [6.45, 7) is 1.41. The van der Waals surface area contributed by atoms with Crippen molar-refractivity contribution in [3.05, 3.63) is 66.1 Å². The second-order valence-corrected chi connectivity index (χ2v) is 9.07. The quantitative estimate of drug-likeness (QED) is 0.415. The van der Waals surface area contributed by atoms with Crippen molar-refractivity contribution in [1.29, 1.82) is 5.26 Å². The normalized spacial score (nSPS) is 16.1. The molecule has 8 nitrogen and oxygen atoms in total. The lowest BCUT2D eigenvalue weighted by atomic mass is 10.0. The molecule has 0 saturated carbocycles. The van der Waals surface area contributed by atoms with Gasteiger partial charge in [-0.1, -0.05) is 6.07 Å². The molecule has 0 radical (unpaired) electrons. The van der Waals surface area contributed by atoms with Crippen molar-refractivity contribution in [2.24, 2.45) is 12.8 Å². The van der Waals surface area contributed by atoms with Gasteiger partial charge in [0.2, 0.25) is 0 Å². The maximum absolute atomic E-state index is 15.6. The molecule has 0 unspecified atom stereocenters. The maximum Gasteiger partial charge on any atom is 0.181 e. The second kappa shape index (κ2) is 8.39. The molecule has 0 spiro atoms. The molecule has 1 aliphatic heterocycles. The van der Waals surface area contributed by atoms with Crippen LogP contribution in [0, 0.1) is 23.0 Å². The van der Waals surface area contributed by atoms with E-state index in [4.69, 9.17) is 10.7 Å². The first-order chi connectivity index (χ1) is 17.4. The summed E-state index contributed by atoms with van der Waals surface area (Å²) in [5.41, 5.74) is 8.90. The Morgan fingerprint density at radius 2 is 2.03 bits per heavy atom. The van der Waals surface area contributed by atoms with Gasteiger partial charge in [-0.3, -0.25) is 9.08 Å². The van der Waals surface area contributed by atoms with E-state index < -0.39 is 11.6 Å². The minimum absolute atomic E-state index is 0.0211. The smallest absolute Gasteiger partial charge is 0.181 e. The number of anilines is 1. The van der Waals surface area contributed by atoms with Crippen molar-refractivity contribution in [2.45, 2.75) is 18.9 Å². The third-order valence-electron chi connectivity index (χ3n) is 6.73. The SMILES string of the molecule is Cn1ncc2cc(-c3c(-c4ccc(C#N)c(F)c4)nc4c(N5CCC[C@@H](N)C5)nccn34)c(F)cc21. The maximum atomic E-state index is 15.6. The molecule has 1 aliphatic rings. The largest absolute Gasteiger partial charge is 0.352 e. The summed E-state index contributed by atoms with van der Waals surface area (Å²) in [4.78, 5) is 11.5. The number of nitriles is 1. The minimum atomic E-state index is -0.665. The molecule has 10 heteroatoms. The summed E-state index contributed by atoms with van der Waals surface area (Å²) in [6.07, 6.45) is 6.91. The number of aryl methyl sites for hydroxylation is 1. The molecule has 180 valence electrons. The number of halogens is 2. The first kappa shape index (κ1) is 22.1. The molecule has 1 saturated heterocycles. The van der Waals surface area contributed by atoms with Gasteiger partial charge in [-0.05, 0) is 31.0 Å². The summed E-state index contributed by atoms with van der Waals surface area (Å²) in [5.74, 6) is -0.486. The van der Waals surface area contributed by atoms with E-state index in [1.165, 1.54) is 18.2 Å². The van der Waals surface area contributed by atoms with Gasteiger partial charge < -0.3 is 10.6 Å². The fourth-order valence-electron chi connectivity index (χ4n) is 4.96. The van der Waals surface area contributed by atoms with Crippen molar-refractivity contribution in [2.75, 3.05) is 18.0 Å². The molecule has 1 atom stereocenters. The van der Waals surface area contributed by atoms with E-state index in [2.05, 4.69) is 15.0 Å². The average Bonchev–Trinajstić information content (AvgIpc) is 3.43. The minimum Gasteiger partial charge on any atom is -0.352 e. The molecule has 0 bridgehead atoms. The van der Waals surface area contributed by atoms with Crippen LogP contribution in [0.2, 0.25) is 0 Å². The first-order valence-electron chi connectivity index (χ1n) is 11.6. The zero-order valence-electron chi connectivity index (χ0n) is 19.5. The standard InChI is InChI=1S/C26H22F2N8/c1-34-22-11-21(28)19(9-17(22)13-32-34)24-23(15-4-5-16(12-29)20(27)10-15)33-26-25(31-6-8-36(24)26)35-7-2-3-18(30)14-35/h4-6,8-11,13,18H,2-3,7,14,30H2,1H3/t18-/m1/s1. The zero-order chi connectivity index (χ0) is 25.0. The van der Waals surface area contributed by atoms with Crippen LogP contribution in [0.3, 0.4) is 0 Å². The number of fused-ring (bicyclic) bond motifs is 2. The molecule has 3 aromatic heterocycles. The first-order valence-corrected chi connectivity index (χ1v) is 11.6. The Bertz CT molecular complexity index is 1680. The average molecular weight is 485 g/mol. The lowest BCUT2D eigenvalue weighted by Crippen LogP contribution is -2.43. The van der Waals surface area contributed by atoms with E-state index in [9.17, 15) is 9.65 Å². The highest BCUT2D eigenvalue weighted by atomic mass is 19.1. The van der Waals surface area contributed by atoms with Crippen molar-refractivity contribution in [3.63, 3.8) is 0 Å². The molecule has 2 N–H and O–H groups in total. The fraction of sp³-hybridized carbons (Fsp3) is 0.231. The lowest BCUT2D eigenvalue weighted by Gasteiger charge is -2.31. The van der Waals surface area contributed by atoms with Gasteiger partial charge in [-0.15, -0.1) is 0 Å². The number of hydrogen-bond donors (Lipinski definition) is 1. The number of piperidine rings is 1. The monoisotopic (exact) mass is 484 g/mol. The summed E-state index contributed by atoms with van der Waals surface area (Å²) in [7, 11) is 1.75. The van der Waals surface area contributed by atoms with Gasteiger partial charge in [-0.25, -0.2) is 18.7 Å². The molecule has 36 heavy (non-hydrogen) atoms. The van der Waals surface area contributed by atoms with Crippen LogP contribution in [-0.4, -0.2) is 43.3 Å². The highest BCUT2D eigenvalue weighted by Gasteiger charge is 2.26. The van der Waals surface area contributed by atoms with Crippen molar-refractivity contribution >= 4 is 22.4 Å². The van der Waals surface area contributed by atoms with E-state index in [1.54, 1.807) is 46.9 Å². The van der Waals surface area contributed by atoms with Crippen LogP contribution in [-0.2, 0) is 7.05 Å². The predicted molar refractivity (Wildman–Crippen MR) is 132 cm³/mol. The summed E-state index contributed by atoms with van der Waals surface area (Å²) in [6, 6.07) is 9.30. The molecule has 2 aromatic carbocycles. The molecule has 4 heterocycles. The topological polar surface area (TPSA) is 101 Å². The van der Waals surface area contributed by atoms with Crippen LogP contribution in [0.1, 0.15) is 18.4 Å². The number of aromatic nitrogens is 5. The van der Waals surface area contributed by atoms with Crippen molar-refractivity contribution < 1.29 is 8.78 Å². The Balaban J connectivity index is 1.64. The summed E-state index contributed by atoms with van der Waals surface area (Å²) in [5, 5.41) is 14.2. The Morgan fingerprint density at radius 1 is 1.17 bits per heavy atom. The van der Waals surface area contributed by atoms with E-state index in [1.807, 2.05) is 6.07 Å². The number of benzene rings is 2. The fourth-order valence-corrected chi connectivity index (χ4v) is 4.96. The van der Waals surface area contributed by atoms with E-state index in [-0.39, 0.29) is 11.6 Å². The molecule has 0 amide bonds. The number of rotatable bonds is 3. The highest BCUT2D eigenvalue weighted by molar-refractivity contribution is 5.90. The molecule has 5 aromatic rings. The number of hydrogen-bond acceptors (Lipinski definition) is 6. The number of nitrogens with zero attached hydrogens (tertiary/aromatic N) is 7. The summed E-state index contributed by atoms with van der Waals surface area (Å²) < 4.78 is 33.7. The van der Waals surface area contributed by atoms with Crippen LogP contribution >= 0.6 is 0 Å². The van der Waals surface area contributed by atoms with Crippen LogP contribution in [0.5, 0.6) is 0 Å². The predicted octanol–water partition coefficient (Wildman–Crippen LogP) is 4.03. The molecular weight excluding hydrogens is 462 g/mol. The van der Waals surface area contributed by atoms with E-state index >= 15 is 4.39 Å². The molecule has 6 rings (SSSR count). The van der Waals surface area contributed by atoms with Gasteiger partial charge in [0.25, 0.3) is 0 Å². The van der Waals surface area contributed by atoms with Crippen molar-refractivity contribution in [1.82, 2.24) is 24.1 Å². The Kier molecular flexibility index (Phi) is 5.16. The zero-order valence-corrected chi connectivity index (χ0v) is 19.5. The van der Waals surface area contributed by atoms with Gasteiger partial charge in [-0.2, -0.15) is 10.4 Å². The Hall–Kier alpha value is -4.36. The van der Waals surface area contributed by atoms with Gasteiger partial charge in [0.05, 0.1) is 28.7 Å². The summed E-state index contributed by atoms with van der Waals surface area (Å²) >= 11 is 0. The Morgan fingerprint density at radius 3 is 2.81 bits per heavy atom. The van der Waals surface area contributed by atoms with Crippen LogP contribution in [0.4, 0.5) is 14.6 Å². The molecular formula is C26H22F2N8. The van der Waals surface area contributed by atoms with Gasteiger partial charge in [0.15, 0.2) is 11.5 Å². The van der Waals surface area contributed by atoms with E-state index in [0.29, 0.717) is 46.0 Å². The van der Waals surface area contributed by atoms with Crippen LogP contribution in [0.15, 0.2) is 48.9 Å². The van der Waals surface area contributed by atoms with Gasteiger partial charge >= 0.3 is 0 Å². The Labute approximate surface area is 205 Å². The third-order valence-corrected chi connectivity index (χ3v) is 6.73. The third kappa shape index (κ3) is 3.48. The van der Waals surface area contributed by atoms with Crippen LogP contribution < -0.4 is 10.6 Å². The molecule has 0 aliphatic carbocycles. The van der Waals surface area contributed by atoms with E-state index in [0.717, 1.165) is 24.8 Å². The lowest BCUT2D eigenvalue weighted by molar-refractivity contribution is 0.503. The number of nitrogens with two attached hydrogens (primary N) is 1. The molecule has 1 fully saturated rings. The highest BCUT2D eigenvalue weighted by Crippen LogP contribution is 2.38. The number of imidazole rings is 1. The van der Waals surface area contributed by atoms with Gasteiger partial charge in [0.1, 0.15) is 17.7 Å². The second-order valence-electron chi connectivity index (χ2n) is 9.07. The van der Waals surface area contributed by atoms with Gasteiger partial charge in [0, 0.05) is 61.2 Å².